The van der Waals surface area contributed by atoms with Gasteiger partial charge in [-0.3, -0.25) is 4.79 Å². The summed E-state index contributed by atoms with van der Waals surface area (Å²) in [7, 11) is 0. The molecular formula is C29H31NO5. The Labute approximate surface area is 206 Å². The number of dihydropyridines is 1. The van der Waals surface area contributed by atoms with Crippen molar-refractivity contribution < 1.29 is 23.8 Å². The Morgan fingerprint density at radius 2 is 1.86 bits per heavy atom. The van der Waals surface area contributed by atoms with Crippen molar-refractivity contribution in [2.45, 2.75) is 57.7 Å². The van der Waals surface area contributed by atoms with Gasteiger partial charge >= 0.3 is 5.97 Å². The molecule has 35 heavy (non-hydrogen) atoms. The average molecular weight is 474 g/mol. The van der Waals surface area contributed by atoms with Crippen LogP contribution >= 0.6 is 0 Å². The van der Waals surface area contributed by atoms with Crippen molar-refractivity contribution in [3.8, 4) is 5.75 Å². The molecule has 1 fully saturated rings. The monoisotopic (exact) mass is 473 g/mol. The van der Waals surface area contributed by atoms with Crippen molar-refractivity contribution >= 4 is 11.8 Å². The molecular weight excluding hydrogens is 442 g/mol. The lowest BCUT2D eigenvalue weighted by molar-refractivity contribution is -0.142. The van der Waals surface area contributed by atoms with Crippen LogP contribution < -0.4 is 10.1 Å². The minimum absolute atomic E-state index is 0.0537. The van der Waals surface area contributed by atoms with Crippen molar-refractivity contribution in [1.29, 1.82) is 0 Å². The summed E-state index contributed by atoms with van der Waals surface area (Å²) in [5, 5.41) is 3.34. The Kier molecular flexibility index (Phi) is 7.00. The van der Waals surface area contributed by atoms with Crippen LogP contribution in [0.2, 0.25) is 0 Å². The molecule has 6 nitrogen and oxygen atoms in total. The van der Waals surface area contributed by atoms with Crippen LogP contribution in [0.25, 0.3) is 0 Å². The van der Waals surface area contributed by atoms with Gasteiger partial charge in [0, 0.05) is 35.9 Å². The van der Waals surface area contributed by atoms with Gasteiger partial charge in [0.05, 0.1) is 11.7 Å². The molecule has 0 radical (unpaired) electrons. The molecule has 1 saturated heterocycles. The van der Waals surface area contributed by atoms with E-state index in [0.717, 1.165) is 54.0 Å². The van der Waals surface area contributed by atoms with Gasteiger partial charge in [0.1, 0.15) is 19.0 Å². The van der Waals surface area contributed by atoms with Crippen molar-refractivity contribution in [1.82, 2.24) is 5.32 Å². The maximum atomic E-state index is 13.3. The molecule has 0 saturated carbocycles. The quantitative estimate of drug-likeness (QED) is 0.574. The van der Waals surface area contributed by atoms with Crippen molar-refractivity contribution in [2.24, 2.45) is 0 Å². The fourth-order valence-electron chi connectivity index (χ4n) is 5.11. The predicted molar refractivity (Wildman–Crippen MR) is 132 cm³/mol. The van der Waals surface area contributed by atoms with Crippen LogP contribution in [0.15, 0.2) is 77.1 Å². The molecule has 0 amide bonds. The molecule has 182 valence electrons. The highest BCUT2D eigenvalue weighted by molar-refractivity contribution is 6.03. The number of Topliss-reactive ketones (excluding diaryl/α,β-unsaturated/α-hetero) is 1. The smallest absolute Gasteiger partial charge is 0.336 e. The molecule has 2 atom stereocenters. The summed E-state index contributed by atoms with van der Waals surface area (Å²) in [5.41, 5.74) is 4.81. The number of hydrogen-bond acceptors (Lipinski definition) is 6. The largest absolute Gasteiger partial charge is 0.489 e. The first-order valence-electron chi connectivity index (χ1n) is 12.4. The van der Waals surface area contributed by atoms with E-state index in [1.807, 2.05) is 61.5 Å². The van der Waals surface area contributed by atoms with Crippen molar-refractivity contribution in [2.75, 3.05) is 13.2 Å². The Balaban J connectivity index is 1.40. The Morgan fingerprint density at radius 3 is 2.60 bits per heavy atom. The van der Waals surface area contributed by atoms with Crippen LogP contribution in [0.1, 0.15) is 56.1 Å². The van der Waals surface area contributed by atoms with Crippen LogP contribution in [0.5, 0.6) is 5.75 Å². The van der Waals surface area contributed by atoms with Crippen LogP contribution in [0.3, 0.4) is 0 Å². The molecule has 3 aliphatic rings. The third-order valence-electron chi connectivity index (χ3n) is 6.88. The average Bonchev–Trinajstić information content (AvgIpc) is 3.40. The number of esters is 1. The van der Waals surface area contributed by atoms with Crippen LogP contribution in [-0.4, -0.2) is 31.1 Å². The first kappa shape index (κ1) is 23.4. The second-order valence-electron chi connectivity index (χ2n) is 9.34. The minimum atomic E-state index is -0.459. The molecule has 5 rings (SSSR count). The molecule has 2 aliphatic heterocycles. The van der Waals surface area contributed by atoms with Gasteiger partial charge in [-0.2, -0.15) is 0 Å². The van der Waals surface area contributed by atoms with E-state index in [-0.39, 0.29) is 18.5 Å². The van der Waals surface area contributed by atoms with Crippen LogP contribution in [-0.2, 0) is 25.7 Å². The lowest BCUT2D eigenvalue weighted by Gasteiger charge is -2.34. The number of ether oxygens (including phenoxy) is 3. The van der Waals surface area contributed by atoms with Gasteiger partial charge < -0.3 is 19.5 Å². The third kappa shape index (κ3) is 5.17. The van der Waals surface area contributed by atoms with Crippen molar-refractivity contribution in [3.05, 3.63) is 88.3 Å². The molecule has 0 aromatic heterocycles. The Hall–Kier alpha value is -3.38. The number of nitrogens with one attached hydrogen (secondary N) is 1. The van der Waals surface area contributed by atoms with Gasteiger partial charge in [0.2, 0.25) is 0 Å². The van der Waals surface area contributed by atoms with Gasteiger partial charge in [-0.15, -0.1) is 0 Å². The van der Waals surface area contributed by atoms with E-state index in [2.05, 4.69) is 5.32 Å². The van der Waals surface area contributed by atoms with E-state index in [9.17, 15) is 9.59 Å². The van der Waals surface area contributed by atoms with E-state index in [1.54, 1.807) is 0 Å². The molecule has 1 aliphatic carbocycles. The second kappa shape index (κ2) is 10.5. The molecule has 2 aromatic carbocycles. The van der Waals surface area contributed by atoms with Crippen LogP contribution in [0.4, 0.5) is 0 Å². The Bertz CT molecular complexity index is 1140. The maximum Gasteiger partial charge on any atom is 0.336 e. The zero-order valence-corrected chi connectivity index (χ0v) is 20.0. The zero-order valence-electron chi connectivity index (χ0n) is 20.0. The summed E-state index contributed by atoms with van der Waals surface area (Å²) < 4.78 is 17.3. The van der Waals surface area contributed by atoms with Gasteiger partial charge in [-0.05, 0) is 55.9 Å². The zero-order chi connectivity index (χ0) is 24.2. The van der Waals surface area contributed by atoms with E-state index in [0.29, 0.717) is 30.8 Å². The Morgan fingerprint density at radius 1 is 1.06 bits per heavy atom. The topological polar surface area (TPSA) is 73.9 Å². The normalized spacial score (nSPS) is 22.0. The first-order valence-corrected chi connectivity index (χ1v) is 12.4. The molecule has 0 spiro atoms. The highest BCUT2D eigenvalue weighted by Crippen LogP contribution is 2.42. The van der Waals surface area contributed by atoms with Gasteiger partial charge in [0.15, 0.2) is 5.78 Å². The fraction of sp³-hybridized carbons (Fsp3) is 0.379. The highest BCUT2D eigenvalue weighted by Gasteiger charge is 2.39. The van der Waals surface area contributed by atoms with E-state index >= 15 is 0 Å². The number of carbonyl (C=O) groups excluding carboxylic acids is 2. The van der Waals surface area contributed by atoms with E-state index in [4.69, 9.17) is 14.2 Å². The van der Waals surface area contributed by atoms with Gasteiger partial charge in [-0.25, -0.2) is 4.79 Å². The second-order valence-corrected chi connectivity index (χ2v) is 9.34. The summed E-state index contributed by atoms with van der Waals surface area (Å²) in [4.78, 5) is 26.4. The number of carbonyl (C=O) groups is 2. The SMILES string of the molecule is CC1=C(C(=O)OC[C@H]2CCCO2)[C@@H](c2ccc(OCc3ccccc3)cc2)C2=C(CCCC2=O)N1. The number of allylic oxidation sites excluding steroid dienone is 3. The highest BCUT2D eigenvalue weighted by atomic mass is 16.6. The lowest BCUT2D eigenvalue weighted by atomic mass is 9.75. The lowest BCUT2D eigenvalue weighted by Crippen LogP contribution is -2.35. The van der Waals surface area contributed by atoms with Gasteiger partial charge in [0.25, 0.3) is 0 Å². The molecule has 2 heterocycles. The first-order chi connectivity index (χ1) is 17.1. The summed E-state index contributed by atoms with van der Waals surface area (Å²) in [6.07, 6.45) is 3.93. The number of benzene rings is 2. The molecule has 6 heteroatoms. The summed E-state index contributed by atoms with van der Waals surface area (Å²) in [5.74, 6) is -0.0342. The number of rotatable bonds is 7. The van der Waals surface area contributed by atoms with E-state index in [1.165, 1.54) is 0 Å². The molecule has 2 aromatic rings. The standard InChI is InChI=1S/C29H31NO5/c1-19-26(29(32)35-18-23-9-6-16-33-23)27(28-24(30-19)10-5-11-25(28)31)21-12-14-22(15-13-21)34-17-20-7-3-2-4-8-20/h2-4,7-8,12-15,23,27,30H,5-6,9-11,16-18H2,1H3/t23-,27-/m1/s1. The fourth-order valence-corrected chi connectivity index (χ4v) is 5.11. The van der Waals surface area contributed by atoms with Gasteiger partial charge in [-0.1, -0.05) is 42.5 Å². The summed E-state index contributed by atoms with van der Waals surface area (Å²) >= 11 is 0. The number of hydrogen-bond donors (Lipinski definition) is 1. The summed E-state index contributed by atoms with van der Waals surface area (Å²) in [6.45, 7) is 3.29. The van der Waals surface area contributed by atoms with E-state index < -0.39 is 11.9 Å². The number of ketones is 1. The summed E-state index contributed by atoms with van der Waals surface area (Å²) in [6, 6.07) is 17.7. The molecule has 0 unspecified atom stereocenters. The third-order valence-corrected chi connectivity index (χ3v) is 6.88. The molecule has 1 N–H and O–H groups in total. The maximum absolute atomic E-state index is 13.3. The van der Waals surface area contributed by atoms with Crippen molar-refractivity contribution in [3.63, 3.8) is 0 Å². The molecule has 0 bridgehead atoms. The minimum Gasteiger partial charge on any atom is -0.489 e. The predicted octanol–water partition coefficient (Wildman–Crippen LogP) is 4.96. The van der Waals surface area contributed by atoms with Crippen LogP contribution in [0, 0.1) is 0 Å².